The van der Waals surface area contributed by atoms with Gasteiger partial charge in [-0.25, -0.2) is 0 Å². The molecule has 1 amide bonds. The van der Waals surface area contributed by atoms with Crippen molar-refractivity contribution in [3.63, 3.8) is 0 Å². The van der Waals surface area contributed by atoms with Gasteiger partial charge in [0.1, 0.15) is 5.75 Å². The molecule has 0 heterocycles. The lowest BCUT2D eigenvalue weighted by molar-refractivity contribution is 0.102. The number of anilines is 1. The van der Waals surface area contributed by atoms with Crippen molar-refractivity contribution in [1.82, 2.24) is 0 Å². The van der Waals surface area contributed by atoms with Crippen LogP contribution in [0.3, 0.4) is 0 Å². The first-order chi connectivity index (χ1) is 8.58. The van der Waals surface area contributed by atoms with Gasteiger partial charge in [-0.3, -0.25) is 4.79 Å². The molecule has 0 aromatic heterocycles. The molecule has 0 spiro atoms. The van der Waals surface area contributed by atoms with Crippen LogP contribution in [-0.2, 0) is 0 Å². The van der Waals surface area contributed by atoms with Gasteiger partial charge in [0, 0.05) is 10.7 Å². The molecule has 0 aliphatic carbocycles. The molecule has 0 fully saturated rings. The second kappa shape index (κ2) is 5.10. The van der Waals surface area contributed by atoms with Crippen LogP contribution in [0.25, 0.3) is 0 Å². The van der Waals surface area contributed by atoms with Gasteiger partial charge < -0.3 is 10.4 Å². The third kappa shape index (κ3) is 2.63. The molecule has 0 bridgehead atoms. The van der Waals surface area contributed by atoms with Crippen LogP contribution >= 0.6 is 11.6 Å². The van der Waals surface area contributed by atoms with Crippen LogP contribution in [0.15, 0.2) is 42.5 Å². The smallest absolute Gasteiger partial charge is 0.259 e. The molecular weight excluding hydrogens is 250 g/mol. The molecule has 0 saturated carbocycles. The highest BCUT2D eigenvalue weighted by molar-refractivity contribution is 6.30. The van der Waals surface area contributed by atoms with Crippen LogP contribution in [-0.4, -0.2) is 11.0 Å². The van der Waals surface area contributed by atoms with Gasteiger partial charge in [0.05, 0.1) is 5.56 Å². The van der Waals surface area contributed by atoms with Crippen molar-refractivity contribution >= 4 is 23.2 Å². The average molecular weight is 262 g/mol. The van der Waals surface area contributed by atoms with Gasteiger partial charge in [-0.05, 0) is 42.8 Å². The minimum Gasteiger partial charge on any atom is -0.507 e. The summed E-state index contributed by atoms with van der Waals surface area (Å²) in [7, 11) is 0. The third-order valence-corrected chi connectivity index (χ3v) is 2.84. The number of aryl methyl sites for hydroxylation is 1. The van der Waals surface area contributed by atoms with E-state index in [2.05, 4.69) is 5.32 Å². The molecule has 2 rings (SSSR count). The van der Waals surface area contributed by atoms with E-state index in [1.54, 1.807) is 49.4 Å². The Morgan fingerprint density at radius 1 is 1.17 bits per heavy atom. The predicted molar refractivity (Wildman–Crippen MR) is 72.2 cm³/mol. The number of aromatic hydroxyl groups is 1. The number of nitrogens with one attached hydrogen (secondary N) is 1. The van der Waals surface area contributed by atoms with E-state index in [-0.39, 0.29) is 17.2 Å². The molecule has 0 atom stereocenters. The standard InChI is InChI=1S/C14H12ClNO2/c1-9-3-2-4-12(13(9)17)14(18)16-11-7-5-10(15)6-8-11/h2-8,17H,1H3,(H,16,18). The van der Waals surface area contributed by atoms with Gasteiger partial charge in [0.25, 0.3) is 5.91 Å². The number of benzene rings is 2. The minimum atomic E-state index is -0.349. The Kier molecular flexibility index (Phi) is 3.53. The average Bonchev–Trinajstić information content (AvgIpc) is 2.35. The molecule has 18 heavy (non-hydrogen) atoms. The zero-order valence-corrected chi connectivity index (χ0v) is 10.5. The van der Waals surface area contributed by atoms with E-state index in [1.807, 2.05) is 0 Å². The Balaban J connectivity index is 2.22. The van der Waals surface area contributed by atoms with Crippen LogP contribution in [0.1, 0.15) is 15.9 Å². The fourth-order valence-electron chi connectivity index (χ4n) is 1.57. The van der Waals surface area contributed by atoms with Crippen LogP contribution in [0.5, 0.6) is 5.75 Å². The normalized spacial score (nSPS) is 10.1. The number of halogens is 1. The summed E-state index contributed by atoms with van der Waals surface area (Å²) in [6.45, 7) is 1.74. The molecule has 0 aliphatic heterocycles. The SMILES string of the molecule is Cc1cccc(C(=O)Nc2ccc(Cl)cc2)c1O. The molecule has 3 nitrogen and oxygen atoms in total. The predicted octanol–water partition coefficient (Wildman–Crippen LogP) is 3.61. The summed E-state index contributed by atoms with van der Waals surface area (Å²) in [5.41, 5.74) is 1.55. The van der Waals surface area contributed by atoms with Crippen molar-refractivity contribution in [2.45, 2.75) is 6.92 Å². The van der Waals surface area contributed by atoms with Crippen molar-refractivity contribution < 1.29 is 9.90 Å². The Bertz CT molecular complexity index is 579. The maximum atomic E-state index is 12.0. The van der Waals surface area contributed by atoms with Crippen molar-refractivity contribution in [1.29, 1.82) is 0 Å². The third-order valence-electron chi connectivity index (χ3n) is 2.58. The summed E-state index contributed by atoms with van der Waals surface area (Å²) in [4.78, 5) is 12.0. The quantitative estimate of drug-likeness (QED) is 0.868. The largest absolute Gasteiger partial charge is 0.507 e. The molecule has 92 valence electrons. The zero-order valence-electron chi connectivity index (χ0n) is 9.77. The first-order valence-electron chi connectivity index (χ1n) is 5.43. The van der Waals surface area contributed by atoms with Gasteiger partial charge in [-0.2, -0.15) is 0 Å². The molecule has 2 aromatic carbocycles. The Hall–Kier alpha value is -2.00. The number of hydrogen-bond donors (Lipinski definition) is 2. The summed E-state index contributed by atoms with van der Waals surface area (Å²) >= 11 is 5.76. The monoisotopic (exact) mass is 261 g/mol. The van der Waals surface area contributed by atoms with E-state index in [0.29, 0.717) is 16.3 Å². The highest BCUT2D eigenvalue weighted by atomic mass is 35.5. The second-order valence-electron chi connectivity index (χ2n) is 3.93. The summed E-state index contributed by atoms with van der Waals surface area (Å²) in [5, 5.41) is 13.1. The molecule has 0 unspecified atom stereocenters. The maximum Gasteiger partial charge on any atom is 0.259 e. The van der Waals surface area contributed by atoms with Crippen LogP contribution in [0.4, 0.5) is 5.69 Å². The van der Waals surface area contributed by atoms with E-state index in [4.69, 9.17) is 11.6 Å². The number of phenolic OH excluding ortho intramolecular Hbond substituents is 1. The Morgan fingerprint density at radius 2 is 1.83 bits per heavy atom. The van der Waals surface area contributed by atoms with E-state index < -0.39 is 0 Å². The van der Waals surface area contributed by atoms with Crippen molar-refractivity contribution in [3.8, 4) is 5.75 Å². The first-order valence-corrected chi connectivity index (χ1v) is 5.81. The summed E-state index contributed by atoms with van der Waals surface area (Å²) in [5.74, 6) is -0.345. The van der Waals surface area contributed by atoms with Gasteiger partial charge in [-0.15, -0.1) is 0 Å². The molecule has 4 heteroatoms. The number of phenols is 1. The van der Waals surface area contributed by atoms with Crippen LogP contribution in [0, 0.1) is 6.92 Å². The molecular formula is C14H12ClNO2. The highest BCUT2D eigenvalue weighted by Crippen LogP contribution is 2.22. The lowest BCUT2D eigenvalue weighted by Crippen LogP contribution is -2.12. The number of carbonyl (C=O) groups excluding carboxylic acids is 1. The van der Waals surface area contributed by atoms with Crippen molar-refractivity contribution in [2.75, 3.05) is 5.32 Å². The number of para-hydroxylation sites is 1. The van der Waals surface area contributed by atoms with Crippen molar-refractivity contribution in [2.24, 2.45) is 0 Å². The maximum absolute atomic E-state index is 12.0. The fourth-order valence-corrected chi connectivity index (χ4v) is 1.70. The highest BCUT2D eigenvalue weighted by Gasteiger charge is 2.12. The number of rotatable bonds is 2. The van der Waals surface area contributed by atoms with Crippen molar-refractivity contribution in [3.05, 3.63) is 58.6 Å². The fraction of sp³-hybridized carbons (Fsp3) is 0.0714. The number of carbonyl (C=O) groups is 1. The van der Waals surface area contributed by atoms with Gasteiger partial charge >= 0.3 is 0 Å². The lowest BCUT2D eigenvalue weighted by Gasteiger charge is -2.08. The lowest BCUT2D eigenvalue weighted by atomic mass is 10.1. The zero-order chi connectivity index (χ0) is 13.1. The molecule has 0 saturated heterocycles. The topological polar surface area (TPSA) is 49.3 Å². The van der Waals surface area contributed by atoms with E-state index in [1.165, 1.54) is 0 Å². The van der Waals surface area contributed by atoms with Gasteiger partial charge in [0.15, 0.2) is 0 Å². The van der Waals surface area contributed by atoms with Gasteiger partial charge in [-0.1, -0.05) is 23.7 Å². The van der Waals surface area contributed by atoms with Crippen LogP contribution < -0.4 is 5.32 Å². The molecule has 0 radical (unpaired) electrons. The molecule has 0 aliphatic rings. The van der Waals surface area contributed by atoms with E-state index in [9.17, 15) is 9.90 Å². The van der Waals surface area contributed by atoms with E-state index >= 15 is 0 Å². The minimum absolute atomic E-state index is 0.00367. The first kappa shape index (κ1) is 12.5. The number of hydrogen-bond acceptors (Lipinski definition) is 2. The number of amides is 1. The van der Waals surface area contributed by atoms with Gasteiger partial charge in [0.2, 0.25) is 0 Å². The van der Waals surface area contributed by atoms with E-state index in [0.717, 1.165) is 0 Å². The summed E-state index contributed by atoms with van der Waals surface area (Å²) < 4.78 is 0. The Morgan fingerprint density at radius 3 is 2.50 bits per heavy atom. The summed E-state index contributed by atoms with van der Waals surface area (Å²) in [6, 6.07) is 11.8. The second-order valence-corrected chi connectivity index (χ2v) is 4.37. The molecule has 2 aromatic rings. The Labute approximate surface area is 110 Å². The molecule has 2 N–H and O–H groups in total. The summed E-state index contributed by atoms with van der Waals surface area (Å²) in [6.07, 6.45) is 0. The van der Waals surface area contributed by atoms with Crippen LogP contribution in [0.2, 0.25) is 5.02 Å².